The fourth-order valence-corrected chi connectivity index (χ4v) is 3.41. The minimum absolute atomic E-state index is 0.0600. The number of carbonyl (C=O) groups is 1. The molecule has 7 nitrogen and oxygen atoms in total. The highest BCUT2D eigenvalue weighted by Crippen LogP contribution is 2.27. The largest absolute Gasteiger partial charge is 0.338 e. The molecule has 1 fully saturated rings. The van der Waals surface area contributed by atoms with E-state index in [0.717, 1.165) is 17.9 Å². The molecule has 1 atom stereocenters. The van der Waals surface area contributed by atoms with Gasteiger partial charge in [-0.1, -0.05) is 0 Å². The summed E-state index contributed by atoms with van der Waals surface area (Å²) >= 11 is 1.78. The summed E-state index contributed by atoms with van der Waals surface area (Å²) in [6.07, 6.45) is 0.912. The third kappa shape index (κ3) is 2.86. The van der Waals surface area contributed by atoms with Gasteiger partial charge in [0.15, 0.2) is 0 Å². The molecule has 8 heteroatoms. The standard InChI is InChI=1S/C12H16N4O3S/c1-15(9-4-5-20-7-9)12(17)10-6-8(14-13)2-3-11(10)16(18)19/h2-3,6,9,14H,4-5,7,13H2,1H3. The van der Waals surface area contributed by atoms with Crippen LogP contribution in [0, 0.1) is 10.1 Å². The zero-order chi connectivity index (χ0) is 14.7. The van der Waals surface area contributed by atoms with Crippen molar-refractivity contribution in [2.75, 3.05) is 24.0 Å². The number of nitrogens with one attached hydrogen (secondary N) is 1. The highest BCUT2D eigenvalue weighted by atomic mass is 32.2. The van der Waals surface area contributed by atoms with Gasteiger partial charge in [0.05, 0.1) is 4.92 Å². The van der Waals surface area contributed by atoms with E-state index < -0.39 is 4.92 Å². The van der Waals surface area contributed by atoms with E-state index in [9.17, 15) is 14.9 Å². The van der Waals surface area contributed by atoms with Crippen LogP contribution in [-0.4, -0.2) is 40.3 Å². The zero-order valence-electron chi connectivity index (χ0n) is 11.0. The SMILES string of the molecule is CN(C(=O)c1cc(NN)ccc1[N+](=O)[O-])C1CCSC1. The molecule has 1 amide bonds. The Hall–Kier alpha value is -1.80. The van der Waals surface area contributed by atoms with Gasteiger partial charge in [-0.15, -0.1) is 0 Å². The third-order valence-electron chi connectivity index (χ3n) is 3.36. The monoisotopic (exact) mass is 296 g/mol. The van der Waals surface area contributed by atoms with Gasteiger partial charge in [0.25, 0.3) is 11.6 Å². The predicted octanol–water partition coefficient (Wildman–Crippen LogP) is 1.46. The molecule has 0 bridgehead atoms. The Morgan fingerprint density at radius 2 is 2.35 bits per heavy atom. The van der Waals surface area contributed by atoms with Crippen LogP contribution in [-0.2, 0) is 0 Å². The van der Waals surface area contributed by atoms with Gasteiger partial charge < -0.3 is 10.3 Å². The van der Waals surface area contributed by atoms with Crippen molar-refractivity contribution in [2.24, 2.45) is 5.84 Å². The highest BCUT2D eigenvalue weighted by Gasteiger charge is 2.29. The van der Waals surface area contributed by atoms with Gasteiger partial charge in [-0.2, -0.15) is 11.8 Å². The molecule has 1 aromatic carbocycles. The number of nitrogens with two attached hydrogens (primary N) is 1. The molecule has 0 aliphatic carbocycles. The summed E-state index contributed by atoms with van der Waals surface area (Å²) in [4.78, 5) is 24.6. The van der Waals surface area contributed by atoms with Gasteiger partial charge in [-0.05, 0) is 24.3 Å². The highest BCUT2D eigenvalue weighted by molar-refractivity contribution is 7.99. The van der Waals surface area contributed by atoms with Crippen LogP contribution in [0.25, 0.3) is 0 Å². The molecular formula is C12H16N4O3S. The molecule has 0 aromatic heterocycles. The molecule has 0 radical (unpaired) electrons. The van der Waals surface area contributed by atoms with E-state index in [-0.39, 0.29) is 23.2 Å². The van der Waals surface area contributed by atoms with Gasteiger partial charge in [-0.25, -0.2) is 0 Å². The number of nitrogen functional groups attached to an aromatic ring is 1. The molecule has 1 unspecified atom stereocenters. The van der Waals surface area contributed by atoms with Crippen molar-refractivity contribution in [2.45, 2.75) is 12.5 Å². The summed E-state index contributed by atoms with van der Waals surface area (Å²) < 4.78 is 0. The number of hydrogen-bond donors (Lipinski definition) is 2. The van der Waals surface area contributed by atoms with Crippen molar-refractivity contribution in [3.8, 4) is 0 Å². The van der Waals surface area contributed by atoms with Gasteiger partial charge in [0.2, 0.25) is 0 Å². The fraction of sp³-hybridized carbons (Fsp3) is 0.417. The summed E-state index contributed by atoms with van der Waals surface area (Å²) in [5.41, 5.74) is 2.72. The molecule has 1 aliphatic rings. The Morgan fingerprint density at radius 3 is 2.90 bits per heavy atom. The maximum Gasteiger partial charge on any atom is 0.282 e. The summed E-state index contributed by atoms with van der Waals surface area (Å²) in [7, 11) is 1.69. The Balaban J connectivity index is 2.33. The lowest BCUT2D eigenvalue weighted by molar-refractivity contribution is -0.385. The van der Waals surface area contributed by atoms with Crippen LogP contribution < -0.4 is 11.3 Å². The quantitative estimate of drug-likeness (QED) is 0.495. The van der Waals surface area contributed by atoms with Crippen molar-refractivity contribution >= 4 is 29.0 Å². The number of thioether (sulfide) groups is 1. The Labute approximate surface area is 120 Å². The van der Waals surface area contributed by atoms with Crippen molar-refractivity contribution in [1.29, 1.82) is 0 Å². The van der Waals surface area contributed by atoms with E-state index in [4.69, 9.17) is 5.84 Å². The van der Waals surface area contributed by atoms with E-state index in [0.29, 0.717) is 5.69 Å². The molecule has 3 N–H and O–H groups in total. The van der Waals surface area contributed by atoms with Crippen LogP contribution in [0.1, 0.15) is 16.8 Å². The van der Waals surface area contributed by atoms with Crippen LogP contribution in [0.15, 0.2) is 18.2 Å². The Kier molecular flexibility index (Phi) is 4.46. The molecule has 20 heavy (non-hydrogen) atoms. The van der Waals surface area contributed by atoms with Crippen LogP contribution in [0.4, 0.5) is 11.4 Å². The minimum atomic E-state index is -0.551. The number of hydrogen-bond acceptors (Lipinski definition) is 6. The van der Waals surface area contributed by atoms with Crippen molar-refractivity contribution in [3.63, 3.8) is 0 Å². The smallest absolute Gasteiger partial charge is 0.282 e. The summed E-state index contributed by atoms with van der Waals surface area (Å²) in [5.74, 6) is 6.82. The topological polar surface area (TPSA) is 102 Å². The second kappa shape index (κ2) is 6.10. The van der Waals surface area contributed by atoms with Crippen LogP contribution in [0.3, 0.4) is 0 Å². The Bertz CT molecular complexity index is 531. The van der Waals surface area contributed by atoms with Crippen molar-refractivity contribution < 1.29 is 9.72 Å². The predicted molar refractivity (Wildman–Crippen MR) is 78.7 cm³/mol. The fourth-order valence-electron chi connectivity index (χ4n) is 2.14. The first-order valence-corrected chi connectivity index (χ1v) is 7.30. The van der Waals surface area contributed by atoms with E-state index in [1.54, 1.807) is 23.7 Å². The molecular weight excluding hydrogens is 280 g/mol. The summed E-state index contributed by atoms with van der Waals surface area (Å²) in [6, 6.07) is 4.31. The number of rotatable bonds is 4. The van der Waals surface area contributed by atoms with Crippen molar-refractivity contribution in [3.05, 3.63) is 33.9 Å². The second-order valence-electron chi connectivity index (χ2n) is 4.57. The molecule has 1 aliphatic heterocycles. The first kappa shape index (κ1) is 14.6. The third-order valence-corrected chi connectivity index (χ3v) is 4.51. The van der Waals surface area contributed by atoms with E-state index >= 15 is 0 Å². The Morgan fingerprint density at radius 1 is 1.60 bits per heavy atom. The number of carbonyl (C=O) groups excluding carboxylic acids is 1. The minimum Gasteiger partial charge on any atom is -0.338 e. The number of nitro groups is 1. The maximum atomic E-state index is 12.5. The van der Waals surface area contributed by atoms with Crippen molar-refractivity contribution in [1.82, 2.24) is 4.90 Å². The number of amides is 1. The number of anilines is 1. The molecule has 108 valence electrons. The van der Waals surface area contributed by atoms with Crippen LogP contribution >= 0.6 is 11.8 Å². The summed E-state index contributed by atoms with van der Waals surface area (Å²) in [5, 5.41) is 11.0. The second-order valence-corrected chi connectivity index (χ2v) is 5.72. The first-order valence-electron chi connectivity index (χ1n) is 6.14. The van der Waals surface area contributed by atoms with E-state index in [2.05, 4.69) is 5.43 Å². The first-order chi connectivity index (χ1) is 9.54. The number of hydrazine groups is 1. The van der Waals surface area contributed by atoms with Gasteiger partial charge in [0.1, 0.15) is 5.56 Å². The van der Waals surface area contributed by atoms with E-state index in [1.807, 2.05) is 0 Å². The number of benzene rings is 1. The normalized spacial score (nSPS) is 17.8. The maximum absolute atomic E-state index is 12.5. The lowest BCUT2D eigenvalue weighted by atomic mass is 10.1. The lowest BCUT2D eigenvalue weighted by Crippen LogP contribution is -2.37. The summed E-state index contributed by atoms with van der Waals surface area (Å²) in [6.45, 7) is 0. The zero-order valence-corrected chi connectivity index (χ0v) is 11.9. The molecule has 2 rings (SSSR count). The molecule has 1 aromatic rings. The number of nitrogens with zero attached hydrogens (tertiary/aromatic N) is 2. The van der Waals surface area contributed by atoms with Gasteiger partial charge in [0, 0.05) is 30.6 Å². The molecule has 1 heterocycles. The van der Waals surface area contributed by atoms with Gasteiger partial charge in [-0.3, -0.25) is 20.8 Å². The number of nitro benzene ring substituents is 1. The van der Waals surface area contributed by atoms with E-state index in [1.165, 1.54) is 18.2 Å². The average Bonchev–Trinajstić information content (AvgIpc) is 2.99. The van der Waals surface area contributed by atoms with Crippen LogP contribution in [0.5, 0.6) is 0 Å². The molecule has 1 saturated heterocycles. The molecule has 0 spiro atoms. The molecule has 0 saturated carbocycles. The van der Waals surface area contributed by atoms with Crippen LogP contribution in [0.2, 0.25) is 0 Å². The van der Waals surface area contributed by atoms with Gasteiger partial charge >= 0.3 is 0 Å². The lowest BCUT2D eigenvalue weighted by Gasteiger charge is -2.23. The average molecular weight is 296 g/mol.